The highest BCUT2D eigenvalue weighted by Gasteiger charge is 2.24. The molecular weight excluding hydrogens is 252 g/mol. The molecule has 2 atom stereocenters. The van der Waals surface area contributed by atoms with Crippen molar-refractivity contribution >= 4 is 12.0 Å². The molecule has 20 heavy (non-hydrogen) atoms. The van der Waals surface area contributed by atoms with Crippen LogP contribution in [0.1, 0.15) is 44.1 Å². The van der Waals surface area contributed by atoms with Crippen LogP contribution >= 0.6 is 0 Å². The van der Waals surface area contributed by atoms with Gasteiger partial charge < -0.3 is 9.73 Å². The number of nitriles is 1. The van der Waals surface area contributed by atoms with Crippen molar-refractivity contribution in [1.29, 1.82) is 5.26 Å². The van der Waals surface area contributed by atoms with Gasteiger partial charge in [0.05, 0.1) is 0 Å². The zero-order valence-corrected chi connectivity index (χ0v) is 12.0. The van der Waals surface area contributed by atoms with Gasteiger partial charge in [0, 0.05) is 12.1 Å². The van der Waals surface area contributed by atoms with Crippen LogP contribution in [0.3, 0.4) is 0 Å². The van der Waals surface area contributed by atoms with Crippen molar-refractivity contribution < 1.29 is 9.21 Å². The van der Waals surface area contributed by atoms with Crippen molar-refractivity contribution in [3.8, 4) is 6.07 Å². The summed E-state index contributed by atoms with van der Waals surface area (Å²) in [6, 6.07) is 5.69. The average Bonchev–Trinajstić information content (AvgIpc) is 2.84. The Hall–Kier alpha value is -2.02. The van der Waals surface area contributed by atoms with Crippen LogP contribution in [0.4, 0.5) is 0 Å². The number of nitrogens with one attached hydrogen (secondary N) is 1. The molecular formula is C16H20N2O2. The molecule has 0 bridgehead atoms. The summed E-state index contributed by atoms with van der Waals surface area (Å²) in [6.07, 6.45) is 5.98. The molecule has 0 radical (unpaired) electrons. The zero-order valence-electron chi connectivity index (χ0n) is 12.0. The van der Waals surface area contributed by atoms with Crippen LogP contribution in [0, 0.1) is 24.2 Å². The molecule has 0 aliphatic heterocycles. The molecule has 1 fully saturated rings. The Labute approximate surface area is 119 Å². The molecule has 1 aliphatic rings. The molecule has 1 aliphatic carbocycles. The fourth-order valence-corrected chi connectivity index (χ4v) is 2.60. The van der Waals surface area contributed by atoms with Crippen LogP contribution in [0.2, 0.25) is 0 Å². The van der Waals surface area contributed by atoms with E-state index in [-0.39, 0.29) is 17.5 Å². The fourth-order valence-electron chi connectivity index (χ4n) is 2.60. The molecule has 4 nitrogen and oxygen atoms in total. The molecule has 1 heterocycles. The minimum absolute atomic E-state index is 0.0946. The predicted octanol–water partition coefficient (Wildman–Crippen LogP) is 3.19. The Balaban J connectivity index is 2.06. The van der Waals surface area contributed by atoms with E-state index in [1.165, 1.54) is 12.5 Å². The normalized spacial score (nSPS) is 23.1. The van der Waals surface area contributed by atoms with Crippen LogP contribution in [-0.4, -0.2) is 11.9 Å². The average molecular weight is 272 g/mol. The number of carbonyl (C=O) groups is 1. The van der Waals surface area contributed by atoms with Crippen LogP contribution in [0.15, 0.2) is 22.1 Å². The number of hydrogen-bond donors (Lipinski definition) is 1. The van der Waals surface area contributed by atoms with Gasteiger partial charge in [0.25, 0.3) is 5.91 Å². The van der Waals surface area contributed by atoms with Crippen molar-refractivity contribution in [3.05, 3.63) is 29.2 Å². The van der Waals surface area contributed by atoms with Gasteiger partial charge in [0.1, 0.15) is 23.2 Å². The van der Waals surface area contributed by atoms with Crippen molar-refractivity contribution in [1.82, 2.24) is 5.32 Å². The van der Waals surface area contributed by atoms with Crippen molar-refractivity contribution in [3.63, 3.8) is 0 Å². The third-order valence-corrected chi connectivity index (χ3v) is 3.84. The van der Waals surface area contributed by atoms with E-state index in [1.54, 1.807) is 6.07 Å². The second-order valence-electron chi connectivity index (χ2n) is 5.46. The molecule has 4 heteroatoms. The first-order valence-electron chi connectivity index (χ1n) is 7.09. The molecule has 0 spiro atoms. The Kier molecular flexibility index (Phi) is 4.62. The lowest BCUT2D eigenvalue weighted by Crippen LogP contribution is -2.41. The van der Waals surface area contributed by atoms with Crippen LogP contribution in [0.25, 0.3) is 6.08 Å². The van der Waals surface area contributed by atoms with E-state index < -0.39 is 0 Å². The predicted molar refractivity (Wildman–Crippen MR) is 76.6 cm³/mol. The van der Waals surface area contributed by atoms with Gasteiger partial charge in [0.2, 0.25) is 0 Å². The second kappa shape index (κ2) is 6.42. The van der Waals surface area contributed by atoms with Gasteiger partial charge in [-0.3, -0.25) is 4.79 Å². The van der Waals surface area contributed by atoms with Gasteiger partial charge in [-0.2, -0.15) is 5.26 Å². The third kappa shape index (κ3) is 3.51. The topological polar surface area (TPSA) is 66.0 Å². The van der Waals surface area contributed by atoms with E-state index in [0.29, 0.717) is 11.7 Å². The molecule has 1 amide bonds. The van der Waals surface area contributed by atoms with Gasteiger partial charge in [-0.1, -0.05) is 19.8 Å². The maximum atomic E-state index is 12.2. The molecule has 1 aromatic rings. The number of rotatable bonds is 3. The van der Waals surface area contributed by atoms with Crippen molar-refractivity contribution in [2.75, 3.05) is 0 Å². The Bertz CT molecular complexity index is 551. The molecule has 0 saturated heterocycles. The Morgan fingerprint density at radius 1 is 1.45 bits per heavy atom. The largest absolute Gasteiger partial charge is 0.462 e. The van der Waals surface area contributed by atoms with Crippen LogP contribution < -0.4 is 5.32 Å². The van der Waals surface area contributed by atoms with E-state index >= 15 is 0 Å². The van der Waals surface area contributed by atoms with Gasteiger partial charge in [-0.05, 0) is 37.8 Å². The highest BCUT2D eigenvalue weighted by atomic mass is 16.3. The smallest absolute Gasteiger partial charge is 0.262 e. The summed E-state index contributed by atoms with van der Waals surface area (Å²) in [7, 11) is 0. The molecule has 2 rings (SSSR count). The molecule has 0 aromatic carbocycles. The summed E-state index contributed by atoms with van der Waals surface area (Å²) >= 11 is 0. The van der Waals surface area contributed by atoms with Crippen molar-refractivity contribution in [2.24, 2.45) is 5.92 Å². The van der Waals surface area contributed by atoms with E-state index in [4.69, 9.17) is 9.68 Å². The lowest BCUT2D eigenvalue weighted by Gasteiger charge is -2.29. The van der Waals surface area contributed by atoms with Gasteiger partial charge in [-0.25, -0.2) is 0 Å². The SMILES string of the molecule is Cc1ccc(C=C(C#N)C(=O)NC2CCCCC2C)o1. The second-order valence-corrected chi connectivity index (χ2v) is 5.46. The summed E-state index contributed by atoms with van der Waals surface area (Å²) in [4.78, 5) is 12.2. The first-order chi connectivity index (χ1) is 9.60. The first-order valence-corrected chi connectivity index (χ1v) is 7.09. The number of hydrogen-bond acceptors (Lipinski definition) is 3. The maximum Gasteiger partial charge on any atom is 0.262 e. The van der Waals surface area contributed by atoms with Crippen molar-refractivity contribution in [2.45, 2.75) is 45.6 Å². The highest BCUT2D eigenvalue weighted by molar-refractivity contribution is 6.01. The van der Waals surface area contributed by atoms with E-state index in [0.717, 1.165) is 25.0 Å². The highest BCUT2D eigenvalue weighted by Crippen LogP contribution is 2.24. The number of amides is 1. The van der Waals surface area contributed by atoms with Gasteiger partial charge >= 0.3 is 0 Å². The number of carbonyl (C=O) groups excluding carboxylic acids is 1. The Morgan fingerprint density at radius 2 is 2.20 bits per heavy atom. The number of furan rings is 1. The number of aryl methyl sites for hydroxylation is 1. The summed E-state index contributed by atoms with van der Waals surface area (Å²) in [5.74, 6) is 1.46. The summed E-state index contributed by atoms with van der Waals surface area (Å²) in [6.45, 7) is 3.98. The summed E-state index contributed by atoms with van der Waals surface area (Å²) in [5.41, 5.74) is 0.0946. The third-order valence-electron chi connectivity index (χ3n) is 3.84. The van der Waals surface area contributed by atoms with Gasteiger partial charge in [0.15, 0.2) is 0 Å². The molecule has 2 unspecified atom stereocenters. The standard InChI is InChI=1S/C16H20N2O2/c1-11-5-3-4-6-15(11)18-16(19)13(10-17)9-14-8-7-12(2)20-14/h7-9,11,15H,3-6H2,1-2H3,(H,18,19). The molecule has 1 aromatic heterocycles. The minimum Gasteiger partial charge on any atom is -0.462 e. The summed E-state index contributed by atoms with van der Waals surface area (Å²) < 4.78 is 5.37. The number of nitrogens with zero attached hydrogens (tertiary/aromatic N) is 1. The van der Waals surface area contributed by atoms with Gasteiger partial charge in [-0.15, -0.1) is 0 Å². The quantitative estimate of drug-likeness (QED) is 0.678. The molecule has 1 N–H and O–H groups in total. The lowest BCUT2D eigenvalue weighted by molar-refractivity contribution is -0.118. The monoisotopic (exact) mass is 272 g/mol. The van der Waals surface area contributed by atoms with E-state index in [1.807, 2.05) is 19.1 Å². The van der Waals surface area contributed by atoms with Crippen LogP contribution in [-0.2, 0) is 4.79 Å². The molecule has 106 valence electrons. The van der Waals surface area contributed by atoms with E-state index in [9.17, 15) is 4.79 Å². The molecule has 1 saturated carbocycles. The van der Waals surface area contributed by atoms with Crippen LogP contribution in [0.5, 0.6) is 0 Å². The fraction of sp³-hybridized carbons (Fsp3) is 0.500. The lowest BCUT2D eigenvalue weighted by atomic mass is 9.86. The Morgan fingerprint density at radius 3 is 2.80 bits per heavy atom. The summed E-state index contributed by atoms with van der Waals surface area (Å²) in [5, 5.41) is 12.1. The first kappa shape index (κ1) is 14.4. The minimum atomic E-state index is -0.305. The van der Waals surface area contributed by atoms with E-state index in [2.05, 4.69) is 12.2 Å². The maximum absolute atomic E-state index is 12.2. The zero-order chi connectivity index (χ0) is 14.5.